The number of nitrogen functional groups attached to an aromatic ring is 1. The molecule has 0 atom stereocenters. The number of carbonyl (C=O) groups excluding carboxylic acids is 1. The Morgan fingerprint density at radius 2 is 1.85 bits per heavy atom. The van der Waals surface area contributed by atoms with Gasteiger partial charge in [0.15, 0.2) is 0 Å². The number of nitrogens with zero attached hydrogens (tertiary/aromatic N) is 2. The zero-order valence-electron chi connectivity index (χ0n) is 18.3. The van der Waals surface area contributed by atoms with Gasteiger partial charge in [0.2, 0.25) is 5.95 Å². The number of benzene rings is 2. The summed E-state index contributed by atoms with van der Waals surface area (Å²) in [7, 11) is 1.37. The van der Waals surface area contributed by atoms with Crippen LogP contribution in [0.25, 0.3) is 0 Å². The molecule has 0 aliphatic heterocycles. The number of anilines is 3. The molecule has 0 aliphatic rings. The smallest absolute Gasteiger partial charge is 0.343 e. The Morgan fingerprint density at radius 1 is 1.12 bits per heavy atom. The van der Waals surface area contributed by atoms with Crippen molar-refractivity contribution in [2.45, 2.75) is 13.3 Å². The molecule has 2 aromatic carbocycles. The molecular weight excluding hydrogens is 428 g/mol. The van der Waals surface area contributed by atoms with Gasteiger partial charge in [0.05, 0.1) is 13.7 Å². The quantitative estimate of drug-likeness (QED) is 0.373. The number of methoxy groups -OCH3 is 1. The van der Waals surface area contributed by atoms with Crippen LogP contribution in [-0.4, -0.2) is 52.4 Å². The van der Waals surface area contributed by atoms with E-state index in [-0.39, 0.29) is 41.9 Å². The first-order valence-corrected chi connectivity index (χ1v) is 10.0. The third-order valence-corrected chi connectivity index (χ3v) is 4.24. The van der Waals surface area contributed by atoms with Gasteiger partial charge < -0.3 is 30.7 Å². The van der Waals surface area contributed by atoms with E-state index in [9.17, 15) is 9.59 Å². The number of aromatic nitrogens is 2. The first kappa shape index (κ1) is 25.1. The Balaban J connectivity index is 0.000000357. The summed E-state index contributed by atoms with van der Waals surface area (Å²) in [5, 5.41) is 20.4. The molecule has 3 aromatic rings. The van der Waals surface area contributed by atoms with Crippen molar-refractivity contribution in [1.82, 2.24) is 9.97 Å². The number of ether oxygens (including phenoxy) is 2. The summed E-state index contributed by atoms with van der Waals surface area (Å²) in [6, 6.07) is 14.4. The lowest BCUT2D eigenvalue weighted by molar-refractivity contribution is 0.0526. The SMILES string of the molecule is CCOC(=O)c1cnc(Nc2ccc(C(=O)O)c(OC)c2)nc1N.OCCc1ccccc1. The molecule has 0 fully saturated rings. The van der Waals surface area contributed by atoms with E-state index in [4.69, 9.17) is 25.4 Å². The molecular formula is C23H26N4O6. The highest BCUT2D eigenvalue weighted by Crippen LogP contribution is 2.25. The molecule has 0 saturated heterocycles. The molecule has 5 N–H and O–H groups in total. The van der Waals surface area contributed by atoms with Gasteiger partial charge in [-0.05, 0) is 31.0 Å². The molecule has 0 saturated carbocycles. The van der Waals surface area contributed by atoms with E-state index in [1.165, 1.54) is 37.1 Å². The fourth-order valence-corrected chi connectivity index (χ4v) is 2.67. The number of rotatable bonds is 8. The van der Waals surface area contributed by atoms with Crippen molar-refractivity contribution < 1.29 is 29.3 Å². The van der Waals surface area contributed by atoms with Gasteiger partial charge in [-0.15, -0.1) is 0 Å². The monoisotopic (exact) mass is 454 g/mol. The Morgan fingerprint density at radius 3 is 2.42 bits per heavy atom. The lowest BCUT2D eigenvalue weighted by Crippen LogP contribution is -2.11. The third-order valence-electron chi connectivity index (χ3n) is 4.24. The van der Waals surface area contributed by atoms with Crippen LogP contribution in [0, 0.1) is 0 Å². The summed E-state index contributed by atoms with van der Waals surface area (Å²) in [6.45, 7) is 2.14. The molecule has 1 heterocycles. The van der Waals surface area contributed by atoms with E-state index in [2.05, 4.69) is 15.3 Å². The van der Waals surface area contributed by atoms with Crippen molar-refractivity contribution in [2.75, 3.05) is 31.4 Å². The summed E-state index contributed by atoms with van der Waals surface area (Å²) >= 11 is 0. The summed E-state index contributed by atoms with van der Waals surface area (Å²) in [5.41, 5.74) is 7.53. The van der Waals surface area contributed by atoms with Crippen LogP contribution in [0.5, 0.6) is 5.75 Å². The number of aliphatic hydroxyl groups excluding tert-OH is 1. The molecule has 0 radical (unpaired) electrons. The van der Waals surface area contributed by atoms with Gasteiger partial charge in [-0.3, -0.25) is 0 Å². The van der Waals surface area contributed by atoms with Gasteiger partial charge in [-0.25, -0.2) is 14.6 Å². The fourth-order valence-electron chi connectivity index (χ4n) is 2.67. The predicted molar refractivity (Wildman–Crippen MR) is 123 cm³/mol. The highest BCUT2D eigenvalue weighted by atomic mass is 16.5. The van der Waals surface area contributed by atoms with Crippen LogP contribution in [-0.2, 0) is 11.2 Å². The molecule has 3 rings (SSSR count). The Bertz CT molecular complexity index is 1080. The van der Waals surface area contributed by atoms with E-state index in [0.29, 0.717) is 5.69 Å². The fraction of sp³-hybridized carbons (Fsp3) is 0.217. The van der Waals surface area contributed by atoms with Gasteiger partial charge in [0, 0.05) is 24.6 Å². The van der Waals surface area contributed by atoms with Crippen molar-refractivity contribution in [2.24, 2.45) is 0 Å². The number of hydrogen-bond donors (Lipinski definition) is 4. The van der Waals surface area contributed by atoms with E-state index in [1.54, 1.807) is 6.92 Å². The van der Waals surface area contributed by atoms with Crippen LogP contribution in [0.1, 0.15) is 33.2 Å². The summed E-state index contributed by atoms with van der Waals surface area (Å²) in [6.07, 6.45) is 2.02. The molecule has 0 unspecified atom stereocenters. The number of nitrogens with two attached hydrogens (primary N) is 1. The minimum absolute atomic E-state index is 0.0277. The highest BCUT2D eigenvalue weighted by Gasteiger charge is 2.15. The molecule has 174 valence electrons. The molecule has 33 heavy (non-hydrogen) atoms. The maximum absolute atomic E-state index is 11.6. The highest BCUT2D eigenvalue weighted by molar-refractivity contribution is 5.94. The van der Waals surface area contributed by atoms with E-state index >= 15 is 0 Å². The lowest BCUT2D eigenvalue weighted by Gasteiger charge is -2.10. The van der Waals surface area contributed by atoms with Crippen molar-refractivity contribution in [1.29, 1.82) is 0 Å². The maximum Gasteiger partial charge on any atom is 0.343 e. The van der Waals surface area contributed by atoms with Crippen LogP contribution in [0.4, 0.5) is 17.5 Å². The molecule has 0 amide bonds. The van der Waals surface area contributed by atoms with Gasteiger partial charge >= 0.3 is 11.9 Å². The van der Waals surface area contributed by atoms with Crippen molar-refractivity contribution in [3.8, 4) is 5.75 Å². The zero-order valence-corrected chi connectivity index (χ0v) is 18.3. The van der Waals surface area contributed by atoms with Gasteiger partial charge in [-0.2, -0.15) is 4.98 Å². The molecule has 0 bridgehead atoms. The second-order valence-electron chi connectivity index (χ2n) is 6.52. The number of carboxylic acid groups (broad SMARTS) is 1. The van der Waals surface area contributed by atoms with Crippen LogP contribution in [0.2, 0.25) is 0 Å². The first-order chi connectivity index (χ1) is 15.9. The van der Waals surface area contributed by atoms with Crippen LogP contribution < -0.4 is 15.8 Å². The van der Waals surface area contributed by atoms with Crippen LogP contribution in [0.3, 0.4) is 0 Å². The Hall–Kier alpha value is -4.18. The van der Waals surface area contributed by atoms with Gasteiger partial charge in [0.25, 0.3) is 0 Å². The molecule has 10 heteroatoms. The predicted octanol–water partition coefficient (Wildman–Crippen LogP) is 2.91. The summed E-state index contributed by atoms with van der Waals surface area (Å²) in [4.78, 5) is 30.7. The Kier molecular flexibility index (Phi) is 9.59. The molecule has 1 aromatic heterocycles. The second-order valence-corrected chi connectivity index (χ2v) is 6.52. The normalized spacial score (nSPS) is 9.91. The minimum Gasteiger partial charge on any atom is -0.496 e. The number of esters is 1. The van der Waals surface area contributed by atoms with Crippen molar-refractivity contribution in [3.05, 3.63) is 71.4 Å². The Labute approximate surface area is 191 Å². The lowest BCUT2D eigenvalue weighted by atomic mass is 10.2. The zero-order chi connectivity index (χ0) is 24.2. The van der Waals surface area contributed by atoms with E-state index in [0.717, 1.165) is 6.42 Å². The average molecular weight is 454 g/mol. The average Bonchev–Trinajstić information content (AvgIpc) is 2.80. The number of aromatic carboxylic acids is 1. The number of aliphatic hydroxyl groups is 1. The minimum atomic E-state index is -1.10. The maximum atomic E-state index is 11.6. The van der Waals surface area contributed by atoms with E-state index < -0.39 is 11.9 Å². The molecule has 0 aliphatic carbocycles. The van der Waals surface area contributed by atoms with Crippen molar-refractivity contribution >= 4 is 29.4 Å². The van der Waals surface area contributed by atoms with Gasteiger partial charge in [0.1, 0.15) is 22.7 Å². The molecule has 0 spiro atoms. The number of carbonyl (C=O) groups is 2. The van der Waals surface area contributed by atoms with Crippen LogP contribution in [0.15, 0.2) is 54.7 Å². The second kappa shape index (κ2) is 12.6. The number of carboxylic acids is 1. The summed E-state index contributed by atoms with van der Waals surface area (Å²) in [5.74, 6) is -1.40. The topological polar surface area (TPSA) is 157 Å². The first-order valence-electron chi connectivity index (χ1n) is 10.0. The van der Waals surface area contributed by atoms with Crippen molar-refractivity contribution in [3.63, 3.8) is 0 Å². The standard InChI is InChI=1S/C15H16N4O5.C8H10O/c1-3-24-14(22)10-7-17-15(19-12(10)16)18-8-4-5-9(13(20)21)11(6-8)23-2;9-7-6-8-4-2-1-3-5-8/h4-7H,3H2,1-2H3,(H,20,21)(H3,16,17,18,19);1-5,9H,6-7H2. The summed E-state index contributed by atoms with van der Waals surface area (Å²) < 4.78 is 9.88. The van der Waals surface area contributed by atoms with Crippen LogP contribution >= 0.6 is 0 Å². The largest absolute Gasteiger partial charge is 0.496 e. The third kappa shape index (κ3) is 7.47. The molecule has 10 nitrogen and oxygen atoms in total. The van der Waals surface area contributed by atoms with E-state index in [1.807, 2.05) is 30.3 Å². The number of nitrogens with one attached hydrogen (secondary N) is 1. The number of hydrogen-bond acceptors (Lipinski definition) is 9. The van der Waals surface area contributed by atoms with Gasteiger partial charge in [-0.1, -0.05) is 30.3 Å².